The third kappa shape index (κ3) is 7.64. The summed E-state index contributed by atoms with van der Waals surface area (Å²) < 4.78 is 0. The van der Waals surface area contributed by atoms with Crippen molar-refractivity contribution in [1.82, 2.24) is 15.5 Å². The highest BCUT2D eigenvalue weighted by Crippen LogP contribution is 2.29. The number of carboxylic acids is 1. The van der Waals surface area contributed by atoms with Crippen LogP contribution in [0.4, 0.5) is 0 Å². The van der Waals surface area contributed by atoms with Crippen LogP contribution >= 0.6 is 0 Å². The van der Waals surface area contributed by atoms with Crippen LogP contribution in [0.3, 0.4) is 0 Å². The zero-order chi connectivity index (χ0) is 28.0. The predicted molar refractivity (Wildman–Crippen MR) is 144 cm³/mol. The molecule has 0 heterocycles. The Bertz CT molecular complexity index is 945. The van der Waals surface area contributed by atoms with Crippen molar-refractivity contribution >= 4 is 17.8 Å². The fraction of sp³-hybridized carbons (Fsp3) is 0.607. The van der Waals surface area contributed by atoms with Crippen LogP contribution in [-0.2, 0) is 26.3 Å². The van der Waals surface area contributed by atoms with E-state index in [1.165, 1.54) is 6.92 Å². The second-order valence-corrected chi connectivity index (χ2v) is 11.5. The minimum atomic E-state index is -1.03. The van der Waals surface area contributed by atoms with E-state index in [1.54, 1.807) is 25.1 Å². The minimum Gasteiger partial charge on any atom is -0.478 e. The van der Waals surface area contributed by atoms with E-state index >= 15 is 0 Å². The summed E-state index contributed by atoms with van der Waals surface area (Å²) in [6, 6.07) is 6.00. The van der Waals surface area contributed by atoms with E-state index in [1.807, 2.05) is 72.7 Å². The number of aliphatic carboxylic acids is 1. The fourth-order valence-corrected chi connectivity index (χ4v) is 4.36. The van der Waals surface area contributed by atoms with Gasteiger partial charge in [0.05, 0.1) is 12.1 Å². The van der Waals surface area contributed by atoms with Gasteiger partial charge in [-0.1, -0.05) is 78.8 Å². The van der Waals surface area contributed by atoms with Crippen LogP contribution in [0.2, 0.25) is 0 Å². The van der Waals surface area contributed by atoms with Crippen molar-refractivity contribution < 1.29 is 19.5 Å². The molecule has 1 aromatic carbocycles. The summed E-state index contributed by atoms with van der Waals surface area (Å²) >= 11 is 0. The molecule has 3 atom stereocenters. The lowest BCUT2D eigenvalue weighted by Gasteiger charge is -2.40. The van der Waals surface area contributed by atoms with Crippen molar-refractivity contribution in [2.45, 2.75) is 85.5 Å². The molecule has 202 valence electrons. The Hall–Kier alpha value is -2.71. The van der Waals surface area contributed by atoms with E-state index in [-0.39, 0.29) is 23.3 Å². The molecule has 0 aliphatic heterocycles. The number of carbonyl (C=O) groups is 3. The molecule has 0 aliphatic rings. The normalized spacial score (nSPS) is 15.3. The number of amides is 2. The van der Waals surface area contributed by atoms with Gasteiger partial charge in [-0.3, -0.25) is 9.59 Å². The summed E-state index contributed by atoms with van der Waals surface area (Å²) in [6.07, 6.45) is 1.59. The molecule has 0 aliphatic carbocycles. The van der Waals surface area contributed by atoms with Crippen LogP contribution < -0.4 is 16.4 Å². The molecule has 5 N–H and O–H groups in total. The van der Waals surface area contributed by atoms with Gasteiger partial charge in [-0.25, -0.2) is 4.79 Å². The van der Waals surface area contributed by atoms with E-state index in [4.69, 9.17) is 5.73 Å². The van der Waals surface area contributed by atoms with Gasteiger partial charge in [-0.2, -0.15) is 0 Å². The highest BCUT2D eigenvalue weighted by Gasteiger charge is 2.41. The van der Waals surface area contributed by atoms with Crippen LogP contribution in [0.5, 0.6) is 0 Å². The van der Waals surface area contributed by atoms with Crippen molar-refractivity contribution in [3.63, 3.8) is 0 Å². The first-order valence-electron chi connectivity index (χ1n) is 12.4. The van der Waals surface area contributed by atoms with Crippen molar-refractivity contribution in [1.29, 1.82) is 0 Å². The van der Waals surface area contributed by atoms with Crippen LogP contribution in [0.15, 0.2) is 35.9 Å². The monoisotopic (exact) mass is 502 g/mol. The molecule has 1 unspecified atom stereocenters. The summed E-state index contributed by atoms with van der Waals surface area (Å²) in [6.45, 7) is 15.5. The minimum absolute atomic E-state index is 0.0231. The predicted octanol–water partition coefficient (Wildman–Crippen LogP) is 3.06. The SMILES string of the molecule is CNC(C(=O)N[C@H](C(=O)N(C)[C@H](/C=C(\C)C(=O)O)C(C)C)C(C)(C)C)C(C)(C)c1ccc(CN)cc1. The number of benzene rings is 1. The summed E-state index contributed by atoms with van der Waals surface area (Å²) in [5.74, 6) is -1.61. The van der Waals surface area contributed by atoms with E-state index in [0.717, 1.165) is 11.1 Å². The lowest BCUT2D eigenvalue weighted by atomic mass is 9.76. The Morgan fingerprint density at radius 3 is 1.97 bits per heavy atom. The second-order valence-electron chi connectivity index (χ2n) is 11.5. The van der Waals surface area contributed by atoms with Gasteiger partial charge in [-0.15, -0.1) is 0 Å². The molecule has 0 radical (unpaired) electrons. The van der Waals surface area contributed by atoms with E-state index in [2.05, 4.69) is 10.6 Å². The number of carboxylic acid groups (broad SMARTS) is 1. The van der Waals surface area contributed by atoms with Crippen LogP contribution in [0.25, 0.3) is 0 Å². The van der Waals surface area contributed by atoms with Gasteiger partial charge < -0.3 is 26.4 Å². The fourth-order valence-electron chi connectivity index (χ4n) is 4.36. The third-order valence-electron chi connectivity index (χ3n) is 6.84. The summed E-state index contributed by atoms with van der Waals surface area (Å²) in [4.78, 5) is 40.3. The number of likely N-dealkylation sites (N-methyl/N-ethyl adjacent to an activating group) is 2. The number of carbonyl (C=O) groups excluding carboxylic acids is 2. The first-order valence-corrected chi connectivity index (χ1v) is 12.4. The first-order chi connectivity index (χ1) is 16.5. The van der Waals surface area contributed by atoms with Gasteiger partial charge in [-0.05, 0) is 36.4 Å². The molecule has 1 rings (SSSR count). The maximum absolute atomic E-state index is 13.7. The van der Waals surface area contributed by atoms with Gasteiger partial charge in [0.15, 0.2) is 0 Å². The first kappa shape index (κ1) is 31.3. The molecule has 2 amide bonds. The maximum Gasteiger partial charge on any atom is 0.331 e. The molecule has 0 saturated carbocycles. The quantitative estimate of drug-likeness (QED) is 0.345. The van der Waals surface area contributed by atoms with Gasteiger partial charge in [0.25, 0.3) is 0 Å². The molecule has 36 heavy (non-hydrogen) atoms. The number of nitrogens with one attached hydrogen (secondary N) is 2. The number of nitrogens with zero attached hydrogens (tertiary/aromatic N) is 1. The topological polar surface area (TPSA) is 125 Å². The standard InChI is InChI=1S/C28H46N4O4/c1-17(2)21(15-18(3)26(35)36)32(10)25(34)23(27(4,5)6)31-24(33)22(30-9)28(7,8)20-13-11-19(16-29)12-14-20/h11-15,17,21-23,30H,16,29H2,1-10H3,(H,31,33)(H,35,36)/b18-15+/t21-,22?,23-/m1/s1. The van der Waals surface area contributed by atoms with Crippen LogP contribution in [-0.4, -0.2) is 60.0 Å². The number of rotatable bonds is 11. The van der Waals surface area contributed by atoms with Gasteiger partial charge in [0.1, 0.15) is 6.04 Å². The summed E-state index contributed by atoms with van der Waals surface area (Å²) in [5.41, 5.74) is 6.71. The smallest absolute Gasteiger partial charge is 0.331 e. The largest absolute Gasteiger partial charge is 0.478 e. The zero-order valence-electron chi connectivity index (χ0n) is 23.6. The summed E-state index contributed by atoms with van der Waals surface area (Å²) in [7, 11) is 3.39. The lowest BCUT2D eigenvalue weighted by Crippen LogP contribution is -2.61. The molecule has 0 fully saturated rings. The molecule has 0 bridgehead atoms. The van der Waals surface area contributed by atoms with Crippen molar-refractivity contribution in [2.24, 2.45) is 17.1 Å². The molecule has 0 spiro atoms. The van der Waals surface area contributed by atoms with Crippen molar-refractivity contribution in [3.05, 3.63) is 47.0 Å². The third-order valence-corrected chi connectivity index (χ3v) is 6.84. The van der Waals surface area contributed by atoms with Crippen LogP contribution in [0.1, 0.15) is 66.5 Å². The highest BCUT2D eigenvalue weighted by atomic mass is 16.4. The van der Waals surface area contributed by atoms with E-state index in [9.17, 15) is 19.5 Å². The zero-order valence-corrected chi connectivity index (χ0v) is 23.6. The molecular formula is C28H46N4O4. The Labute approximate surface area is 216 Å². The molecule has 8 heteroatoms. The Morgan fingerprint density at radius 2 is 1.58 bits per heavy atom. The highest BCUT2D eigenvalue weighted by molar-refractivity contribution is 5.91. The molecular weight excluding hydrogens is 456 g/mol. The Balaban J connectivity index is 3.30. The average Bonchev–Trinajstić information content (AvgIpc) is 2.79. The maximum atomic E-state index is 13.7. The molecule has 8 nitrogen and oxygen atoms in total. The second kappa shape index (κ2) is 12.5. The number of hydrogen-bond acceptors (Lipinski definition) is 5. The number of nitrogens with two attached hydrogens (primary N) is 1. The molecule has 0 saturated heterocycles. The molecule has 0 aromatic heterocycles. The van der Waals surface area contributed by atoms with Crippen molar-refractivity contribution in [3.8, 4) is 0 Å². The van der Waals surface area contributed by atoms with E-state index in [0.29, 0.717) is 6.54 Å². The molecule has 1 aromatic rings. The van der Waals surface area contributed by atoms with Crippen LogP contribution in [0, 0.1) is 11.3 Å². The number of hydrogen-bond donors (Lipinski definition) is 4. The Kier molecular flexibility index (Phi) is 10.9. The van der Waals surface area contributed by atoms with Gasteiger partial charge in [0.2, 0.25) is 11.8 Å². The van der Waals surface area contributed by atoms with Gasteiger partial charge in [0, 0.05) is 24.6 Å². The average molecular weight is 503 g/mol. The lowest BCUT2D eigenvalue weighted by molar-refractivity contribution is -0.141. The summed E-state index contributed by atoms with van der Waals surface area (Å²) in [5, 5.41) is 15.5. The van der Waals surface area contributed by atoms with Gasteiger partial charge >= 0.3 is 5.97 Å². The Morgan fingerprint density at radius 1 is 1.06 bits per heavy atom. The van der Waals surface area contributed by atoms with Crippen molar-refractivity contribution in [2.75, 3.05) is 14.1 Å². The van der Waals surface area contributed by atoms with E-state index < -0.39 is 34.9 Å².